The van der Waals surface area contributed by atoms with Crippen molar-refractivity contribution in [1.29, 1.82) is 0 Å². The van der Waals surface area contributed by atoms with Crippen LogP contribution in [0.25, 0.3) is 0 Å². The number of hydrogen-bond donors (Lipinski definition) is 1. The van der Waals surface area contributed by atoms with E-state index in [-0.39, 0.29) is 0 Å². The minimum atomic E-state index is 0.851. The highest BCUT2D eigenvalue weighted by atomic mass is 35.5. The van der Waals surface area contributed by atoms with Crippen LogP contribution in [0.1, 0.15) is 38.7 Å². The molecule has 1 aromatic rings. The molecule has 0 atom stereocenters. The summed E-state index contributed by atoms with van der Waals surface area (Å²) in [5.41, 5.74) is 2.46. The summed E-state index contributed by atoms with van der Waals surface area (Å²) in [4.78, 5) is 2.28. The minimum absolute atomic E-state index is 0.851. The molecule has 0 aromatic heterocycles. The number of nitrogens with one attached hydrogen (secondary N) is 1. The number of rotatable bonds is 8. The Kier molecular flexibility index (Phi) is 7.14. The SMILES string of the molecule is CCCCCN(C)c1c(Cl)cccc1CNCC. The monoisotopic (exact) mass is 268 g/mol. The van der Waals surface area contributed by atoms with Crippen molar-refractivity contribution in [2.24, 2.45) is 0 Å². The van der Waals surface area contributed by atoms with E-state index in [2.05, 4.69) is 37.2 Å². The first kappa shape index (κ1) is 15.3. The smallest absolute Gasteiger partial charge is 0.0642 e. The molecule has 0 heterocycles. The molecule has 0 radical (unpaired) electrons. The summed E-state index contributed by atoms with van der Waals surface area (Å²) in [5, 5.41) is 4.22. The van der Waals surface area contributed by atoms with Gasteiger partial charge in [-0.2, -0.15) is 0 Å². The summed E-state index contributed by atoms with van der Waals surface area (Å²) in [6.45, 7) is 7.27. The molecular formula is C15H25ClN2. The van der Waals surface area contributed by atoms with Crippen molar-refractivity contribution in [1.82, 2.24) is 5.32 Å². The third-order valence-electron chi connectivity index (χ3n) is 3.11. The van der Waals surface area contributed by atoms with Gasteiger partial charge in [-0.1, -0.05) is 50.4 Å². The number of unbranched alkanes of at least 4 members (excludes halogenated alkanes) is 2. The van der Waals surface area contributed by atoms with Gasteiger partial charge in [-0.3, -0.25) is 0 Å². The van der Waals surface area contributed by atoms with E-state index in [9.17, 15) is 0 Å². The number of hydrogen-bond acceptors (Lipinski definition) is 2. The Bertz CT molecular complexity index is 352. The number of para-hydroxylation sites is 1. The van der Waals surface area contributed by atoms with E-state index in [0.717, 1.165) is 24.7 Å². The molecule has 0 amide bonds. The standard InChI is InChI=1S/C15H25ClN2/c1-4-6-7-11-18(3)15-13(12-17-5-2)9-8-10-14(15)16/h8-10,17H,4-7,11-12H2,1-3H3. The van der Waals surface area contributed by atoms with Crippen LogP contribution in [0.2, 0.25) is 5.02 Å². The van der Waals surface area contributed by atoms with Crippen LogP contribution < -0.4 is 10.2 Å². The molecule has 0 unspecified atom stereocenters. The van der Waals surface area contributed by atoms with Gasteiger partial charge >= 0.3 is 0 Å². The maximum Gasteiger partial charge on any atom is 0.0642 e. The molecule has 3 heteroatoms. The number of halogens is 1. The van der Waals surface area contributed by atoms with E-state index in [1.54, 1.807) is 0 Å². The predicted molar refractivity (Wildman–Crippen MR) is 81.6 cm³/mol. The van der Waals surface area contributed by atoms with Gasteiger partial charge in [0.05, 0.1) is 10.7 Å². The molecular weight excluding hydrogens is 244 g/mol. The van der Waals surface area contributed by atoms with Gasteiger partial charge in [0, 0.05) is 20.1 Å². The van der Waals surface area contributed by atoms with Crippen molar-refractivity contribution in [3.8, 4) is 0 Å². The van der Waals surface area contributed by atoms with E-state index < -0.39 is 0 Å². The molecule has 0 saturated carbocycles. The van der Waals surface area contributed by atoms with Crippen LogP contribution in [-0.2, 0) is 6.54 Å². The van der Waals surface area contributed by atoms with E-state index in [1.165, 1.54) is 30.5 Å². The fourth-order valence-corrected chi connectivity index (χ4v) is 2.44. The van der Waals surface area contributed by atoms with Gasteiger partial charge in [-0.05, 0) is 24.6 Å². The van der Waals surface area contributed by atoms with Crippen LogP contribution >= 0.6 is 11.6 Å². The molecule has 0 saturated heterocycles. The Labute approximate surface area is 116 Å². The summed E-state index contributed by atoms with van der Waals surface area (Å²) in [5.74, 6) is 0. The van der Waals surface area contributed by atoms with E-state index in [4.69, 9.17) is 11.6 Å². The largest absolute Gasteiger partial charge is 0.373 e. The molecule has 18 heavy (non-hydrogen) atoms. The highest BCUT2D eigenvalue weighted by Gasteiger charge is 2.10. The van der Waals surface area contributed by atoms with Gasteiger partial charge in [0.2, 0.25) is 0 Å². The zero-order valence-electron chi connectivity index (χ0n) is 11.8. The molecule has 1 rings (SSSR count). The van der Waals surface area contributed by atoms with Crippen molar-refractivity contribution in [2.45, 2.75) is 39.7 Å². The van der Waals surface area contributed by atoms with Crippen LogP contribution in [0.15, 0.2) is 18.2 Å². The zero-order chi connectivity index (χ0) is 13.4. The molecule has 0 bridgehead atoms. The molecule has 102 valence electrons. The third-order valence-corrected chi connectivity index (χ3v) is 3.42. The first-order valence-corrected chi connectivity index (χ1v) is 7.27. The molecule has 0 aliphatic rings. The van der Waals surface area contributed by atoms with Crippen LogP contribution in [0.5, 0.6) is 0 Å². The highest BCUT2D eigenvalue weighted by Crippen LogP contribution is 2.29. The summed E-state index contributed by atoms with van der Waals surface area (Å²) in [6.07, 6.45) is 3.75. The topological polar surface area (TPSA) is 15.3 Å². The molecule has 0 aliphatic carbocycles. The first-order chi connectivity index (χ1) is 8.70. The highest BCUT2D eigenvalue weighted by molar-refractivity contribution is 6.33. The summed E-state index contributed by atoms with van der Waals surface area (Å²) in [6, 6.07) is 6.15. The second kappa shape index (κ2) is 8.39. The van der Waals surface area contributed by atoms with Crippen LogP contribution in [-0.4, -0.2) is 20.1 Å². The Morgan fingerprint density at radius 3 is 2.67 bits per heavy atom. The number of anilines is 1. The van der Waals surface area contributed by atoms with Crippen molar-refractivity contribution in [3.05, 3.63) is 28.8 Å². The Balaban J connectivity index is 2.77. The van der Waals surface area contributed by atoms with Crippen molar-refractivity contribution >= 4 is 17.3 Å². The van der Waals surface area contributed by atoms with Gasteiger partial charge in [-0.25, -0.2) is 0 Å². The average molecular weight is 269 g/mol. The normalized spacial score (nSPS) is 10.7. The molecule has 0 spiro atoms. The van der Waals surface area contributed by atoms with Gasteiger partial charge < -0.3 is 10.2 Å². The maximum atomic E-state index is 6.35. The van der Waals surface area contributed by atoms with Gasteiger partial charge in [0.15, 0.2) is 0 Å². The summed E-state index contributed by atoms with van der Waals surface area (Å²) >= 11 is 6.35. The first-order valence-electron chi connectivity index (χ1n) is 6.89. The molecule has 0 fully saturated rings. The van der Waals surface area contributed by atoms with Crippen molar-refractivity contribution < 1.29 is 0 Å². The fourth-order valence-electron chi connectivity index (χ4n) is 2.10. The summed E-state index contributed by atoms with van der Waals surface area (Å²) < 4.78 is 0. The van der Waals surface area contributed by atoms with Crippen LogP contribution in [0, 0.1) is 0 Å². The van der Waals surface area contributed by atoms with Crippen molar-refractivity contribution in [3.63, 3.8) is 0 Å². The lowest BCUT2D eigenvalue weighted by Crippen LogP contribution is -2.22. The lowest BCUT2D eigenvalue weighted by molar-refractivity contribution is 0.695. The minimum Gasteiger partial charge on any atom is -0.373 e. The molecule has 0 aliphatic heterocycles. The molecule has 2 nitrogen and oxygen atoms in total. The van der Waals surface area contributed by atoms with E-state index in [0.29, 0.717) is 0 Å². The quantitative estimate of drug-likeness (QED) is 0.715. The second-order valence-corrected chi connectivity index (χ2v) is 5.06. The Morgan fingerprint density at radius 1 is 1.22 bits per heavy atom. The lowest BCUT2D eigenvalue weighted by Gasteiger charge is -2.24. The van der Waals surface area contributed by atoms with Crippen LogP contribution in [0.3, 0.4) is 0 Å². The zero-order valence-corrected chi connectivity index (χ0v) is 12.6. The predicted octanol–water partition coefficient (Wildman–Crippen LogP) is 4.08. The van der Waals surface area contributed by atoms with Gasteiger partial charge in [-0.15, -0.1) is 0 Å². The number of benzene rings is 1. The number of nitrogens with zero attached hydrogens (tertiary/aromatic N) is 1. The fraction of sp³-hybridized carbons (Fsp3) is 0.600. The Hall–Kier alpha value is -0.730. The van der Waals surface area contributed by atoms with Crippen LogP contribution in [0.4, 0.5) is 5.69 Å². The van der Waals surface area contributed by atoms with Gasteiger partial charge in [0.25, 0.3) is 0 Å². The van der Waals surface area contributed by atoms with Crippen molar-refractivity contribution in [2.75, 3.05) is 25.0 Å². The van der Waals surface area contributed by atoms with E-state index >= 15 is 0 Å². The lowest BCUT2D eigenvalue weighted by atomic mass is 10.1. The van der Waals surface area contributed by atoms with Gasteiger partial charge in [0.1, 0.15) is 0 Å². The molecule has 1 N–H and O–H groups in total. The summed E-state index contributed by atoms with van der Waals surface area (Å²) in [7, 11) is 2.13. The second-order valence-electron chi connectivity index (χ2n) is 4.66. The average Bonchev–Trinajstić information content (AvgIpc) is 2.36. The third kappa shape index (κ3) is 4.51. The van der Waals surface area contributed by atoms with E-state index in [1.807, 2.05) is 12.1 Å². The Morgan fingerprint density at radius 2 is 2.00 bits per heavy atom. The maximum absolute atomic E-state index is 6.35. The molecule has 1 aromatic carbocycles.